The van der Waals surface area contributed by atoms with Gasteiger partial charge in [-0.25, -0.2) is 8.42 Å². The van der Waals surface area contributed by atoms with Gasteiger partial charge in [-0.3, -0.25) is 4.79 Å². The molecule has 1 amide bonds. The first-order chi connectivity index (χ1) is 14.6. The summed E-state index contributed by atoms with van der Waals surface area (Å²) in [7, 11) is -4.13. The van der Waals surface area contributed by atoms with E-state index in [2.05, 4.69) is 15.9 Å². The second-order valence-electron chi connectivity index (χ2n) is 7.05. The van der Waals surface area contributed by atoms with E-state index in [1.165, 1.54) is 12.1 Å². The SMILES string of the molecule is Cc1ccc(N(C(=O)COc2cc(C)c(Cl)c(C)c2Br)S(=O)(=O)c2ccccc2)cc1. The third-order valence-electron chi connectivity index (χ3n) is 4.70. The molecule has 0 saturated heterocycles. The Morgan fingerprint density at radius 2 is 1.65 bits per heavy atom. The van der Waals surface area contributed by atoms with Gasteiger partial charge in [0.25, 0.3) is 15.9 Å². The zero-order valence-electron chi connectivity index (χ0n) is 17.2. The Kier molecular flexibility index (Phi) is 7.09. The van der Waals surface area contributed by atoms with Gasteiger partial charge >= 0.3 is 0 Å². The van der Waals surface area contributed by atoms with E-state index in [9.17, 15) is 13.2 Å². The van der Waals surface area contributed by atoms with Gasteiger partial charge in [0.1, 0.15) is 5.75 Å². The molecular formula is C23H21BrClNO4S. The van der Waals surface area contributed by atoms with Crippen LogP contribution in [0, 0.1) is 20.8 Å². The fourth-order valence-electron chi connectivity index (χ4n) is 3.00. The Morgan fingerprint density at radius 3 is 2.26 bits per heavy atom. The molecule has 8 heteroatoms. The standard InChI is InChI=1S/C23H21BrClNO4S/c1-15-9-11-18(12-10-15)26(31(28,29)19-7-5-4-6-8-19)21(27)14-30-20-13-16(2)23(25)17(3)22(20)24/h4-13H,14H2,1-3H3. The molecule has 3 aromatic rings. The predicted octanol–water partition coefficient (Wildman–Crippen LogP) is 5.83. The Hall–Kier alpha value is -2.35. The zero-order chi connectivity index (χ0) is 22.8. The number of amides is 1. The van der Waals surface area contributed by atoms with Gasteiger partial charge in [0.05, 0.1) is 15.1 Å². The molecule has 0 atom stereocenters. The van der Waals surface area contributed by atoms with Crippen LogP contribution in [0.2, 0.25) is 5.02 Å². The number of nitrogens with zero attached hydrogens (tertiary/aromatic N) is 1. The van der Waals surface area contributed by atoms with Crippen LogP contribution < -0.4 is 9.04 Å². The quantitative estimate of drug-likeness (QED) is 0.409. The maximum absolute atomic E-state index is 13.3. The van der Waals surface area contributed by atoms with Crippen molar-refractivity contribution < 1.29 is 17.9 Å². The summed E-state index contributed by atoms with van der Waals surface area (Å²) in [6.45, 7) is 5.06. The van der Waals surface area contributed by atoms with Gasteiger partial charge in [-0.2, -0.15) is 4.31 Å². The number of aryl methyl sites for hydroxylation is 2. The Morgan fingerprint density at radius 1 is 1.03 bits per heavy atom. The first-order valence-electron chi connectivity index (χ1n) is 9.41. The summed E-state index contributed by atoms with van der Waals surface area (Å²) in [6.07, 6.45) is 0. The van der Waals surface area contributed by atoms with Gasteiger partial charge in [-0.15, -0.1) is 0 Å². The van der Waals surface area contributed by atoms with Crippen molar-refractivity contribution in [2.75, 3.05) is 10.9 Å². The highest BCUT2D eigenvalue weighted by molar-refractivity contribution is 9.10. The second kappa shape index (κ2) is 9.42. The van der Waals surface area contributed by atoms with E-state index in [4.69, 9.17) is 16.3 Å². The number of carbonyl (C=O) groups excluding carboxylic acids is 1. The minimum absolute atomic E-state index is 0.0169. The van der Waals surface area contributed by atoms with Crippen molar-refractivity contribution in [3.05, 3.63) is 86.8 Å². The third-order valence-corrected chi connectivity index (χ3v) is 8.03. The molecule has 0 bridgehead atoms. The lowest BCUT2D eigenvalue weighted by molar-refractivity contribution is -0.119. The molecule has 0 spiro atoms. The van der Waals surface area contributed by atoms with Crippen LogP contribution in [0.25, 0.3) is 0 Å². The zero-order valence-corrected chi connectivity index (χ0v) is 20.4. The van der Waals surface area contributed by atoms with E-state index in [0.29, 0.717) is 15.2 Å². The molecule has 0 unspecified atom stereocenters. The minimum Gasteiger partial charge on any atom is -0.483 e. The molecule has 3 aromatic carbocycles. The molecule has 0 heterocycles. The average molecular weight is 523 g/mol. The highest BCUT2D eigenvalue weighted by Crippen LogP contribution is 2.36. The van der Waals surface area contributed by atoms with Crippen molar-refractivity contribution in [1.82, 2.24) is 0 Å². The molecule has 162 valence electrons. The molecule has 31 heavy (non-hydrogen) atoms. The summed E-state index contributed by atoms with van der Waals surface area (Å²) in [6, 6.07) is 16.2. The van der Waals surface area contributed by atoms with Gasteiger partial charge in [0.15, 0.2) is 6.61 Å². The normalized spacial score (nSPS) is 11.3. The van der Waals surface area contributed by atoms with Gasteiger partial charge in [0, 0.05) is 5.02 Å². The number of carbonyl (C=O) groups is 1. The Labute approximate surface area is 195 Å². The van der Waals surface area contributed by atoms with E-state index in [-0.39, 0.29) is 10.6 Å². The first-order valence-corrected chi connectivity index (χ1v) is 12.0. The lowest BCUT2D eigenvalue weighted by atomic mass is 10.1. The lowest BCUT2D eigenvalue weighted by Crippen LogP contribution is -2.40. The van der Waals surface area contributed by atoms with Crippen LogP contribution in [0.4, 0.5) is 5.69 Å². The molecule has 3 rings (SSSR count). The monoisotopic (exact) mass is 521 g/mol. The number of ether oxygens (including phenoxy) is 1. The minimum atomic E-state index is -4.13. The van der Waals surface area contributed by atoms with E-state index in [1.54, 1.807) is 48.5 Å². The summed E-state index contributed by atoms with van der Waals surface area (Å²) < 4.78 is 33.7. The number of benzene rings is 3. The number of halogens is 2. The van der Waals surface area contributed by atoms with Gasteiger partial charge in [-0.1, -0.05) is 47.5 Å². The highest BCUT2D eigenvalue weighted by atomic mass is 79.9. The van der Waals surface area contributed by atoms with Crippen molar-refractivity contribution >= 4 is 49.1 Å². The Bertz CT molecular complexity index is 1210. The fraction of sp³-hybridized carbons (Fsp3) is 0.174. The summed E-state index contributed by atoms with van der Waals surface area (Å²) in [5.74, 6) is -0.307. The number of anilines is 1. The topological polar surface area (TPSA) is 63.7 Å². The maximum atomic E-state index is 13.3. The van der Waals surface area contributed by atoms with Crippen molar-refractivity contribution in [2.45, 2.75) is 25.7 Å². The number of hydrogen-bond acceptors (Lipinski definition) is 4. The summed E-state index contributed by atoms with van der Waals surface area (Å²) in [5, 5.41) is 0.596. The van der Waals surface area contributed by atoms with Gasteiger partial charge in [-0.05, 0) is 78.2 Å². The number of rotatable bonds is 6. The van der Waals surface area contributed by atoms with E-state index in [0.717, 1.165) is 21.0 Å². The molecule has 0 fully saturated rings. The van der Waals surface area contributed by atoms with Crippen molar-refractivity contribution in [3.8, 4) is 5.75 Å². The second-order valence-corrected chi connectivity index (χ2v) is 10.0. The van der Waals surface area contributed by atoms with Crippen LogP contribution in [-0.4, -0.2) is 20.9 Å². The molecule has 5 nitrogen and oxygen atoms in total. The van der Waals surface area contributed by atoms with Crippen molar-refractivity contribution in [2.24, 2.45) is 0 Å². The van der Waals surface area contributed by atoms with Crippen LogP contribution in [-0.2, 0) is 14.8 Å². The maximum Gasteiger partial charge on any atom is 0.278 e. The summed E-state index contributed by atoms with van der Waals surface area (Å²) >= 11 is 9.68. The molecular weight excluding hydrogens is 502 g/mol. The lowest BCUT2D eigenvalue weighted by Gasteiger charge is -2.23. The van der Waals surface area contributed by atoms with E-state index in [1.807, 2.05) is 20.8 Å². The van der Waals surface area contributed by atoms with Crippen LogP contribution in [0.3, 0.4) is 0 Å². The van der Waals surface area contributed by atoms with E-state index >= 15 is 0 Å². The van der Waals surface area contributed by atoms with Crippen LogP contribution >= 0.6 is 27.5 Å². The van der Waals surface area contributed by atoms with Gasteiger partial charge in [0.2, 0.25) is 0 Å². The molecule has 0 aliphatic heterocycles. The molecule has 0 saturated carbocycles. The number of hydrogen-bond donors (Lipinski definition) is 0. The third kappa shape index (κ3) is 4.95. The van der Waals surface area contributed by atoms with E-state index < -0.39 is 22.5 Å². The smallest absolute Gasteiger partial charge is 0.278 e. The largest absolute Gasteiger partial charge is 0.483 e. The molecule has 0 aliphatic carbocycles. The van der Waals surface area contributed by atoms with Gasteiger partial charge < -0.3 is 4.74 Å². The van der Waals surface area contributed by atoms with Crippen LogP contribution in [0.5, 0.6) is 5.75 Å². The average Bonchev–Trinajstić information content (AvgIpc) is 2.76. The summed E-state index contributed by atoms with van der Waals surface area (Å²) in [4.78, 5) is 13.2. The highest BCUT2D eigenvalue weighted by Gasteiger charge is 2.31. The number of sulfonamides is 1. The summed E-state index contributed by atoms with van der Waals surface area (Å²) in [5.41, 5.74) is 2.75. The fourth-order valence-corrected chi connectivity index (χ4v) is 5.12. The van der Waals surface area contributed by atoms with Crippen molar-refractivity contribution in [1.29, 1.82) is 0 Å². The predicted molar refractivity (Wildman–Crippen MR) is 126 cm³/mol. The molecule has 0 N–H and O–H groups in total. The molecule has 0 aromatic heterocycles. The van der Waals surface area contributed by atoms with Crippen LogP contribution in [0.15, 0.2) is 70.0 Å². The molecule has 0 aliphatic rings. The van der Waals surface area contributed by atoms with Crippen molar-refractivity contribution in [3.63, 3.8) is 0 Å². The Balaban J connectivity index is 1.97. The first kappa shape index (κ1) is 23.3. The molecule has 0 radical (unpaired) electrons. The van der Waals surface area contributed by atoms with Crippen LogP contribution in [0.1, 0.15) is 16.7 Å².